The molecule has 0 aliphatic carbocycles. The van der Waals surface area contributed by atoms with Gasteiger partial charge in [0.2, 0.25) is 0 Å². The number of nitrogens with zero attached hydrogens (tertiary/aromatic N) is 4. The summed E-state index contributed by atoms with van der Waals surface area (Å²) in [7, 11) is 1.82. The number of piperazine rings is 1. The highest BCUT2D eigenvalue weighted by atomic mass is 35.5. The highest BCUT2D eigenvalue weighted by molar-refractivity contribution is 7.16. The average molecular weight is 382 g/mol. The Balaban J connectivity index is 1.46. The molecule has 1 N–H and O–H groups in total. The first-order valence-corrected chi connectivity index (χ1v) is 9.74. The molecule has 0 atom stereocenters. The maximum Gasteiger partial charge on any atom is 0.194 e. The van der Waals surface area contributed by atoms with Crippen molar-refractivity contribution in [2.24, 2.45) is 4.99 Å². The fraction of sp³-hybridized carbons (Fsp3) is 0.529. The van der Waals surface area contributed by atoms with Crippen molar-refractivity contribution in [3.63, 3.8) is 0 Å². The largest absolute Gasteiger partial charge is 0.359 e. The predicted molar refractivity (Wildman–Crippen MR) is 102 cm³/mol. The van der Waals surface area contributed by atoms with Crippen molar-refractivity contribution < 1.29 is 4.52 Å². The Labute approximate surface area is 157 Å². The Morgan fingerprint density at radius 2 is 2.16 bits per heavy atom. The summed E-state index contributed by atoms with van der Waals surface area (Å²) in [4.78, 5) is 10.5. The summed E-state index contributed by atoms with van der Waals surface area (Å²) in [6.07, 6.45) is 0.885. The molecule has 0 radical (unpaired) electrons. The van der Waals surface area contributed by atoms with E-state index in [2.05, 4.69) is 38.3 Å². The molecule has 3 heterocycles. The van der Waals surface area contributed by atoms with E-state index in [1.807, 2.05) is 19.2 Å². The molecule has 0 bridgehead atoms. The lowest BCUT2D eigenvalue weighted by Gasteiger charge is -2.36. The summed E-state index contributed by atoms with van der Waals surface area (Å²) in [5.41, 5.74) is 0.981. The van der Waals surface area contributed by atoms with E-state index in [0.29, 0.717) is 6.54 Å². The van der Waals surface area contributed by atoms with Gasteiger partial charge < -0.3 is 14.7 Å². The molecule has 0 amide bonds. The van der Waals surface area contributed by atoms with Crippen molar-refractivity contribution in [2.75, 3.05) is 33.2 Å². The summed E-state index contributed by atoms with van der Waals surface area (Å²) in [6.45, 7) is 7.57. The van der Waals surface area contributed by atoms with Crippen molar-refractivity contribution in [2.45, 2.75) is 26.4 Å². The molecule has 25 heavy (non-hydrogen) atoms. The lowest BCUT2D eigenvalue weighted by Crippen LogP contribution is -2.51. The van der Waals surface area contributed by atoms with Gasteiger partial charge in [0, 0.05) is 50.7 Å². The van der Waals surface area contributed by atoms with Gasteiger partial charge in [0.25, 0.3) is 0 Å². The van der Waals surface area contributed by atoms with E-state index < -0.39 is 0 Å². The number of hydrogen-bond donors (Lipinski definition) is 1. The molecule has 6 nitrogen and oxygen atoms in total. The fourth-order valence-corrected chi connectivity index (χ4v) is 4.01. The number of halogens is 1. The first-order valence-electron chi connectivity index (χ1n) is 8.54. The van der Waals surface area contributed by atoms with Gasteiger partial charge in [-0.1, -0.05) is 23.7 Å². The molecule has 0 saturated carbocycles. The van der Waals surface area contributed by atoms with Crippen LogP contribution >= 0.6 is 22.9 Å². The van der Waals surface area contributed by atoms with Crippen LogP contribution < -0.4 is 5.32 Å². The summed E-state index contributed by atoms with van der Waals surface area (Å²) in [5, 5.41) is 7.39. The van der Waals surface area contributed by atoms with Gasteiger partial charge >= 0.3 is 0 Å². The van der Waals surface area contributed by atoms with Crippen LogP contribution in [0.4, 0.5) is 0 Å². The molecule has 0 aromatic carbocycles. The van der Waals surface area contributed by atoms with Crippen LogP contribution in [0, 0.1) is 0 Å². The molecular formula is C17H24ClN5OS. The first kappa shape index (κ1) is 18.2. The number of thiophene rings is 1. The van der Waals surface area contributed by atoms with Gasteiger partial charge in [0.1, 0.15) is 0 Å². The van der Waals surface area contributed by atoms with Crippen LogP contribution in [0.15, 0.2) is 27.7 Å². The number of nitrogens with one attached hydrogen (secondary N) is 1. The van der Waals surface area contributed by atoms with Gasteiger partial charge in [0.05, 0.1) is 16.6 Å². The monoisotopic (exact) mass is 381 g/mol. The third-order valence-corrected chi connectivity index (χ3v) is 5.50. The van der Waals surface area contributed by atoms with E-state index in [1.54, 1.807) is 11.3 Å². The van der Waals surface area contributed by atoms with Crippen molar-refractivity contribution in [3.8, 4) is 0 Å². The standard InChI is InChI=1S/C17H24ClN5OS/c1-3-13-10-14(24-21-13)11-20-17(19-2)23-8-6-22(7-9-23)12-15-4-5-16(18)25-15/h4-5,10H,3,6-9,11-12H2,1-2H3,(H,19,20). The van der Waals surface area contributed by atoms with Crippen LogP contribution in [-0.4, -0.2) is 54.1 Å². The van der Waals surface area contributed by atoms with Crippen molar-refractivity contribution in [3.05, 3.63) is 38.9 Å². The molecule has 0 unspecified atom stereocenters. The Kier molecular flexibility index (Phi) is 6.34. The third kappa shape index (κ3) is 4.96. The van der Waals surface area contributed by atoms with Crippen LogP contribution in [0.3, 0.4) is 0 Å². The molecule has 8 heteroatoms. The van der Waals surface area contributed by atoms with Gasteiger partial charge in [-0.05, 0) is 18.6 Å². The maximum atomic E-state index is 6.01. The quantitative estimate of drug-likeness (QED) is 0.637. The molecule has 1 aliphatic heterocycles. The van der Waals surface area contributed by atoms with Crippen LogP contribution in [0.5, 0.6) is 0 Å². The van der Waals surface area contributed by atoms with Gasteiger partial charge in [-0.3, -0.25) is 9.89 Å². The maximum absolute atomic E-state index is 6.01. The van der Waals surface area contributed by atoms with E-state index in [0.717, 1.165) is 60.9 Å². The fourth-order valence-electron chi connectivity index (χ4n) is 2.88. The molecule has 0 spiro atoms. The number of aryl methyl sites for hydroxylation is 1. The minimum atomic E-state index is 0.605. The summed E-state index contributed by atoms with van der Waals surface area (Å²) in [5.74, 6) is 1.75. The Bertz CT molecular complexity index is 705. The topological polar surface area (TPSA) is 56.9 Å². The number of rotatable bonds is 5. The molecule has 1 fully saturated rings. The molecule has 3 rings (SSSR count). The number of aromatic nitrogens is 1. The highest BCUT2D eigenvalue weighted by Gasteiger charge is 2.20. The number of aliphatic imine (C=N–C) groups is 1. The lowest BCUT2D eigenvalue weighted by molar-refractivity contribution is 0.173. The van der Waals surface area contributed by atoms with E-state index in [1.165, 1.54) is 4.88 Å². The first-order chi connectivity index (χ1) is 12.2. The zero-order valence-corrected chi connectivity index (χ0v) is 16.2. The lowest BCUT2D eigenvalue weighted by atomic mass is 10.3. The predicted octanol–water partition coefficient (Wildman–Crippen LogP) is 2.85. The van der Waals surface area contributed by atoms with Crippen LogP contribution in [-0.2, 0) is 19.5 Å². The minimum absolute atomic E-state index is 0.605. The molecule has 2 aromatic rings. The van der Waals surface area contributed by atoms with E-state index in [-0.39, 0.29) is 0 Å². The summed E-state index contributed by atoms with van der Waals surface area (Å²) >= 11 is 7.67. The van der Waals surface area contributed by atoms with Crippen molar-refractivity contribution in [1.29, 1.82) is 0 Å². The van der Waals surface area contributed by atoms with E-state index in [4.69, 9.17) is 16.1 Å². The number of guanidine groups is 1. The second-order valence-corrected chi connectivity index (χ2v) is 7.81. The molecular weight excluding hydrogens is 358 g/mol. The van der Waals surface area contributed by atoms with Crippen LogP contribution in [0.1, 0.15) is 23.3 Å². The third-order valence-electron chi connectivity index (χ3n) is 4.28. The SMILES string of the molecule is CCc1cc(CNC(=NC)N2CCN(Cc3ccc(Cl)s3)CC2)on1. The van der Waals surface area contributed by atoms with Crippen molar-refractivity contribution in [1.82, 2.24) is 20.3 Å². The molecule has 1 saturated heterocycles. The highest BCUT2D eigenvalue weighted by Crippen LogP contribution is 2.23. The van der Waals surface area contributed by atoms with Crippen LogP contribution in [0.2, 0.25) is 4.34 Å². The van der Waals surface area contributed by atoms with Gasteiger partial charge in [0.15, 0.2) is 11.7 Å². The molecule has 136 valence electrons. The van der Waals surface area contributed by atoms with Crippen molar-refractivity contribution >= 4 is 28.9 Å². The van der Waals surface area contributed by atoms with Crippen LogP contribution in [0.25, 0.3) is 0 Å². The summed E-state index contributed by atoms with van der Waals surface area (Å²) in [6, 6.07) is 6.07. The summed E-state index contributed by atoms with van der Waals surface area (Å²) < 4.78 is 6.18. The zero-order chi connectivity index (χ0) is 17.6. The zero-order valence-electron chi connectivity index (χ0n) is 14.7. The minimum Gasteiger partial charge on any atom is -0.359 e. The second-order valence-electron chi connectivity index (χ2n) is 6.01. The Morgan fingerprint density at radius 1 is 1.36 bits per heavy atom. The Morgan fingerprint density at radius 3 is 2.76 bits per heavy atom. The van der Waals surface area contributed by atoms with E-state index >= 15 is 0 Å². The second kappa shape index (κ2) is 8.69. The average Bonchev–Trinajstić information content (AvgIpc) is 3.25. The van der Waals surface area contributed by atoms with E-state index in [9.17, 15) is 0 Å². The normalized spacial score (nSPS) is 16.4. The Hall–Kier alpha value is -1.57. The molecule has 1 aliphatic rings. The van der Waals surface area contributed by atoms with Gasteiger partial charge in [-0.2, -0.15) is 0 Å². The smallest absolute Gasteiger partial charge is 0.194 e. The van der Waals surface area contributed by atoms with Gasteiger partial charge in [-0.25, -0.2) is 0 Å². The number of hydrogen-bond acceptors (Lipinski definition) is 5. The molecule has 2 aromatic heterocycles. The van der Waals surface area contributed by atoms with Gasteiger partial charge in [-0.15, -0.1) is 11.3 Å².